The molecule has 0 radical (unpaired) electrons. The Bertz CT molecular complexity index is 663. The molecule has 7 nitrogen and oxygen atoms in total. The number of aryl methyl sites for hydroxylation is 1. The molecule has 0 bridgehead atoms. The highest BCUT2D eigenvalue weighted by Gasteiger charge is 2.17. The number of nitrogens with zero attached hydrogens (tertiary/aromatic N) is 4. The summed E-state index contributed by atoms with van der Waals surface area (Å²) in [7, 11) is 0. The van der Waals surface area contributed by atoms with Crippen LogP contribution in [0.2, 0.25) is 5.02 Å². The van der Waals surface area contributed by atoms with E-state index in [-0.39, 0.29) is 0 Å². The standard InChI is InChI=1S/C13H16ClN5O2/c1-8-6-16-19(18-8)11-10(14)5-9(7-15-11)17-12(20)21-13(2,3)4/h5-7H,1-4H3,(H,17,20). The first kappa shape index (κ1) is 15.2. The van der Waals surface area contributed by atoms with Crippen molar-refractivity contribution < 1.29 is 9.53 Å². The lowest BCUT2D eigenvalue weighted by Gasteiger charge is -2.19. The quantitative estimate of drug-likeness (QED) is 0.922. The van der Waals surface area contributed by atoms with Crippen LogP contribution >= 0.6 is 11.6 Å². The monoisotopic (exact) mass is 309 g/mol. The maximum atomic E-state index is 11.7. The number of pyridine rings is 1. The van der Waals surface area contributed by atoms with Gasteiger partial charge in [0, 0.05) is 0 Å². The van der Waals surface area contributed by atoms with Crippen molar-refractivity contribution in [1.82, 2.24) is 20.0 Å². The topological polar surface area (TPSA) is 81.9 Å². The first-order chi connectivity index (χ1) is 9.74. The summed E-state index contributed by atoms with van der Waals surface area (Å²) in [6, 6.07) is 1.56. The fourth-order valence-electron chi connectivity index (χ4n) is 1.51. The van der Waals surface area contributed by atoms with Crippen LogP contribution in [-0.4, -0.2) is 31.7 Å². The molecule has 0 aromatic carbocycles. The summed E-state index contributed by atoms with van der Waals surface area (Å²) in [5, 5.41) is 11.0. The fourth-order valence-corrected chi connectivity index (χ4v) is 1.75. The molecule has 8 heteroatoms. The van der Waals surface area contributed by atoms with E-state index >= 15 is 0 Å². The maximum Gasteiger partial charge on any atom is 0.412 e. The van der Waals surface area contributed by atoms with Crippen molar-refractivity contribution in [1.29, 1.82) is 0 Å². The Kier molecular flexibility index (Phi) is 4.13. The number of carbonyl (C=O) groups excluding carboxylic acids is 1. The number of hydrogen-bond acceptors (Lipinski definition) is 5. The van der Waals surface area contributed by atoms with Crippen molar-refractivity contribution in [2.45, 2.75) is 33.3 Å². The van der Waals surface area contributed by atoms with E-state index in [4.69, 9.17) is 16.3 Å². The van der Waals surface area contributed by atoms with E-state index < -0.39 is 11.7 Å². The molecule has 0 aliphatic rings. The van der Waals surface area contributed by atoms with Gasteiger partial charge < -0.3 is 4.74 Å². The number of amides is 1. The van der Waals surface area contributed by atoms with Crippen LogP contribution in [0.1, 0.15) is 26.5 Å². The Balaban J connectivity index is 2.14. The molecular weight excluding hydrogens is 294 g/mol. The van der Waals surface area contributed by atoms with Crippen LogP contribution in [0.25, 0.3) is 5.82 Å². The van der Waals surface area contributed by atoms with E-state index in [9.17, 15) is 4.79 Å². The molecule has 0 aliphatic carbocycles. The first-order valence-corrected chi connectivity index (χ1v) is 6.67. The normalized spacial score (nSPS) is 11.3. The molecule has 0 aliphatic heterocycles. The lowest BCUT2D eigenvalue weighted by molar-refractivity contribution is 0.0636. The van der Waals surface area contributed by atoms with Gasteiger partial charge in [0.2, 0.25) is 0 Å². The summed E-state index contributed by atoms with van der Waals surface area (Å²) >= 11 is 6.13. The van der Waals surface area contributed by atoms with Gasteiger partial charge in [-0.2, -0.15) is 10.2 Å². The van der Waals surface area contributed by atoms with Crippen LogP contribution in [0.3, 0.4) is 0 Å². The predicted molar refractivity (Wildman–Crippen MR) is 78.8 cm³/mol. The second-order valence-corrected chi connectivity index (χ2v) is 5.84. The molecule has 0 saturated heterocycles. The minimum Gasteiger partial charge on any atom is -0.444 e. The van der Waals surface area contributed by atoms with Crippen molar-refractivity contribution >= 4 is 23.4 Å². The third-order valence-electron chi connectivity index (χ3n) is 2.26. The van der Waals surface area contributed by atoms with Gasteiger partial charge >= 0.3 is 6.09 Å². The first-order valence-electron chi connectivity index (χ1n) is 6.29. The van der Waals surface area contributed by atoms with E-state index in [1.807, 2.05) is 6.92 Å². The molecule has 1 amide bonds. The lowest BCUT2D eigenvalue weighted by Crippen LogP contribution is -2.27. The molecule has 0 spiro atoms. The molecule has 2 aromatic heterocycles. The van der Waals surface area contributed by atoms with E-state index in [1.54, 1.807) is 33.0 Å². The van der Waals surface area contributed by atoms with Gasteiger partial charge in [-0.1, -0.05) is 11.6 Å². The molecule has 0 fully saturated rings. The average molecular weight is 310 g/mol. The van der Waals surface area contributed by atoms with E-state index in [2.05, 4.69) is 20.5 Å². The van der Waals surface area contributed by atoms with Gasteiger partial charge in [-0.25, -0.2) is 9.78 Å². The number of carbonyl (C=O) groups is 1. The van der Waals surface area contributed by atoms with Crippen LogP contribution in [0.4, 0.5) is 10.5 Å². The highest BCUT2D eigenvalue weighted by Crippen LogP contribution is 2.21. The van der Waals surface area contributed by atoms with Crippen molar-refractivity contribution in [3.05, 3.63) is 29.2 Å². The zero-order chi connectivity index (χ0) is 15.6. The van der Waals surface area contributed by atoms with Gasteiger partial charge in [-0.05, 0) is 33.8 Å². The minimum atomic E-state index is -0.572. The lowest BCUT2D eigenvalue weighted by atomic mass is 10.2. The molecule has 0 saturated carbocycles. The van der Waals surface area contributed by atoms with Crippen molar-refractivity contribution in [2.24, 2.45) is 0 Å². The van der Waals surface area contributed by atoms with Crippen LogP contribution in [-0.2, 0) is 4.74 Å². The number of rotatable bonds is 2. The third-order valence-corrected chi connectivity index (χ3v) is 2.54. The number of aromatic nitrogens is 4. The fraction of sp³-hybridized carbons (Fsp3) is 0.385. The van der Waals surface area contributed by atoms with Gasteiger partial charge in [0.05, 0.1) is 28.8 Å². The second-order valence-electron chi connectivity index (χ2n) is 5.43. The van der Waals surface area contributed by atoms with Crippen LogP contribution in [0, 0.1) is 6.92 Å². The molecule has 0 unspecified atom stereocenters. The number of halogens is 1. The molecule has 112 valence electrons. The average Bonchev–Trinajstić information content (AvgIpc) is 2.73. The summed E-state index contributed by atoms with van der Waals surface area (Å²) < 4.78 is 5.15. The second kappa shape index (κ2) is 5.69. The Morgan fingerprint density at radius 1 is 1.38 bits per heavy atom. The van der Waals surface area contributed by atoms with E-state index in [0.717, 1.165) is 5.69 Å². The number of hydrogen-bond donors (Lipinski definition) is 1. The van der Waals surface area contributed by atoms with Crippen molar-refractivity contribution in [2.75, 3.05) is 5.32 Å². The third kappa shape index (κ3) is 4.16. The highest BCUT2D eigenvalue weighted by atomic mass is 35.5. The van der Waals surface area contributed by atoms with Gasteiger partial charge in [0.1, 0.15) is 5.60 Å². The summed E-state index contributed by atoms with van der Waals surface area (Å²) in [4.78, 5) is 17.1. The van der Waals surface area contributed by atoms with Crippen LogP contribution < -0.4 is 5.32 Å². The Morgan fingerprint density at radius 3 is 2.62 bits per heavy atom. The number of ether oxygens (including phenoxy) is 1. The number of nitrogens with one attached hydrogen (secondary N) is 1. The molecule has 2 heterocycles. The predicted octanol–water partition coefficient (Wildman–Crippen LogP) is 2.97. The molecule has 0 atom stereocenters. The molecule has 1 N–H and O–H groups in total. The van der Waals surface area contributed by atoms with E-state index in [1.165, 1.54) is 11.0 Å². The molecule has 2 rings (SSSR count). The van der Waals surface area contributed by atoms with E-state index in [0.29, 0.717) is 16.5 Å². The largest absolute Gasteiger partial charge is 0.444 e. The Hall–Kier alpha value is -2.15. The molecule has 2 aromatic rings. The van der Waals surface area contributed by atoms with Crippen molar-refractivity contribution in [3.8, 4) is 5.82 Å². The maximum absolute atomic E-state index is 11.7. The molecule has 21 heavy (non-hydrogen) atoms. The summed E-state index contributed by atoms with van der Waals surface area (Å²) in [5.74, 6) is 0.388. The van der Waals surface area contributed by atoms with Gasteiger partial charge in [-0.3, -0.25) is 5.32 Å². The van der Waals surface area contributed by atoms with Crippen molar-refractivity contribution in [3.63, 3.8) is 0 Å². The summed E-state index contributed by atoms with van der Waals surface area (Å²) in [6.07, 6.45) is 2.50. The van der Waals surface area contributed by atoms with Gasteiger partial charge in [0.15, 0.2) is 5.82 Å². The van der Waals surface area contributed by atoms with Crippen LogP contribution in [0.5, 0.6) is 0 Å². The zero-order valence-corrected chi connectivity index (χ0v) is 13.0. The van der Waals surface area contributed by atoms with Gasteiger partial charge in [-0.15, -0.1) is 4.80 Å². The molecular formula is C13H16ClN5O2. The minimum absolute atomic E-state index is 0.319. The number of anilines is 1. The van der Waals surface area contributed by atoms with Gasteiger partial charge in [0.25, 0.3) is 0 Å². The Labute approximate surface area is 127 Å². The van der Waals surface area contributed by atoms with Crippen LogP contribution in [0.15, 0.2) is 18.5 Å². The Morgan fingerprint density at radius 2 is 2.10 bits per heavy atom. The summed E-state index contributed by atoms with van der Waals surface area (Å²) in [5.41, 5.74) is 0.614. The SMILES string of the molecule is Cc1cnn(-c2ncc(NC(=O)OC(C)(C)C)cc2Cl)n1. The summed E-state index contributed by atoms with van der Waals surface area (Å²) in [6.45, 7) is 7.17. The smallest absolute Gasteiger partial charge is 0.412 e. The highest BCUT2D eigenvalue weighted by molar-refractivity contribution is 6.32. The zero-order valence-electron chi connectivity index (χ0n) is 12.2.